The number of fused-ring (bicyclic) bond motifs is 1. The molecule has 0 bridgehead atoms. The quantitative estimate of drug-likeness (QED) is 0.664. The van der Waals surface area contributed by atoms with Crippen LogP contribution in [0.5, 0.6) is 0 Å². The molecule has 0 saturated carbocycles. The summed E-state index contributed by atoms with van der Waals surface area (Å²) in [5.74, 6) is 0.553. The van der Waals surface area contributed by atoms with Crippen LogP contribution in [0.1, 0.15) is 55.0 Å². The van der Waals surface area contributed by atoms with E-state index in [-0.39, 0.29) is 6.04 Å². The molecular weight excluding hydrogens is 331 g/mol. The van der Waals surface area contributed by atoms with Gasteiger partial charge in [-0.25, -0.2) is 0 Å². The van der Waals surface area contributed by atoms with E-state index in [1.165, 1.54) is 33.2 Å². The van der Waals surface area contributed by atoms with E-state index in [1.807, 2.05) is 0 Å². The van der Waals surface area contributed by atoms with Crippen molar-refractivity contribution in [3.8, 4) is 0 Å². The molecule has 0 fully saturated rings. The molecule has 2 N–H and O–H groups in total. The molecule has 0 aliphatic heterocycles. The number of aryl methyl sites for hydroxylation is 1. The summed E-state index contributed by atoms with van der Waals surface area (Å²) in [5, 5.41) is 4.92. The fourth-order valence-corrected chi connectivity index (χ4v) is 3.49. The number of rotatable bonds is 5. The Bertz CT molecular complexity index is 876. The first-order valence-electron chi connectivity index (χ1n) is 8.46. The molecule has 0 amide bonds. The van der Waals surface area contributed by atoms with Crippen LogP contribution in [0.4, 0.5) is 0 Å². The zero-order valence-corrected chi connectivity index (χ0v) is 16.1. The standard InChI is InChI=1S/C21H24N2.V/c1-14(2)18-6-5-7-19(11-18)16(4)22-13-17-8-9-21-20(10-17)15(3)12-23-21;/h5-12,14,16,22-23H,1-4H3;/t16-;/m0./s1. The average molecular weight is 355 g/mol. The molecule has 2 aromatic carbocycles. The van der Waals surface area contributed by atoms with Crippen molar-refractivity contribution in [1.29, 1.82) is 0 Å². The van der Waals surface area contributed by atoms with Gasteiger partial charge in [-0.15, -0.1) is 0 Å². The summed E-state index contributed by atoms with van der Waals surface area (Å²) in [6, 6.07) is 15.7. The first kappa shape index (κ1) is 17.2. The molecule has 0 radical (unpaired) electrons. The molecular formula is C21H24N2V. The maximum atomic E-state index is 3.63. The monoisotopic (exact) mass is 355 g/mol. The van der Waals surface area contributed by atoms with E-state index in [0.717, 1.165) is 4.35 Å². The van der Waals surface area contributed by atoms with Crippen molar-refractivity contribution in [3.05, 3.63) is 70.9 Å². The molecule has 0 unspecified atom stereocenters. The van der Waals surface area contributed by atoms with Gasteiger partial charge in [0.05, 0.1) is 0 Å². The number of benzene rings is 2. The van der Waals surface area contributed by atoms with Crippen LogP contribution in [-0.4, -0.2) is 9.33 Å². The summed E-state index contributed by atoms with van der Waals surface area (Å²) in [4.78, 5) is 3.30. The van der Waals surface area contributed by atoms with Crippen molar-refractivity contribution >= 4 is 15.3 Å². The molecule has 3 aromatic rings. The van der Waals surface area contributed by atoms with Crippen molar-refractivity contribution in [1.82, 2.24) is 10.3 Å². The summed E-state index contributed by atoms with van der Waals surface area (Å²) >= 11 is 2.68. The van der Waals surface area contributed by atoms with Crippen molar-refractivity contribution in [3.63, 3.8) is 0 Å². The van der Waals surface area contributed by atoms with E-state index in [4.69, 9.17) is 0 Å². The summed E-state index contributed by atoms with van der Waals surface area (Å²) in [6.45, 7) is 8.83. The molecule has 123 valence electrons. The third kappa shape index (κ3) is 3.56. The fraction of sp³-hybridized carbons (Fsp3) is 0.286. The van der Waals surface area contributed by atoms with E-state index in [0.29, 0.717) is 5.92 Å². The van der Waals surface area contributed by atoms with Crippen LogP contribution in [0, 0.1) is 6.92 Å². The van der Waals surface area contributed by atoms with Gasteiger partial charge < -0.3 is 0 Å². The Balaban J connectivity index is 1.80. The van der Waals surface area contributed by atoms with E-state index < -0.39 is 0 Å². The molecule has 0 aliphatic carbocycles. The molecule has 1 heterocycles. The molecule has 1 aromatic heterocycles. The fourth-order valence-electron chi connectivity index (χ4n) is 2.97. The molecule has 0 aliphatic rings. The van der Waals surface area contributed by atoms with Gasteiger partial charge in [0, 0.05) is 0 Å². The summed E-state index contributed by atoms with van der Waals surface area (Å²) < 4.78 is 1.15. The Morgan fingerprint density at radius 1 is 1.04 bits per heavy atom. The van der Waals surface area contributed by atoms with Gasteiger partial charge in [-0.1, -0.05) is 0 Å². The summed E-state index contributed by atoms with van der Waals surface area (Å²) in [7, 11) is 0. The Labute approximate surface area is 153 Å². The van der Waals surface area contributed by atoms with E-state index in [2.05, 4.69) is 104 Å². The van der Waals surface area contributed by atoms with Gasteiger partial charge in [-0.3, -0.25) is 0 Å². The van der Waals surface area contributed by atoms with Crippen LogP contribution >= 0.6 is 0 Å². The van der Waals surface area contributed by atoms with Gasteiger partial charge in [-0.2, -0.15) is 0 Å². The second kappa shape index (κ2) is 7.10. The molecule has 3 rings (SSSR count). The second-order valence-corrected chi connectivity index (χ2v) is 7.47. The predicted octanol–water partition coefficient (Wildman–Crippen LogP) is 4.98. The van der Waals surface area contributed by atoms with Gasteiger partial charge in [-0.05, 0) is 0 Å². The van der Waals surface area contributed by atoms with Crippen molar-refractivity contribution < 1.29 is 17.0 Å². The second-order valence-electron chi connectivity index (χ2n) is 6.77. The number of aromatic nitrogens is 1. The number of aromatic amines is 1. The number of H-pyrrole nitrogens is 1. The molecule has 1 atom stereocenters. The average Bonchev–Trinajstić information content (AvgIpc) is 2.95. The zero-order valence-electron chi connectivity index (χ0n) is 14.7. The Morgan fingerprint density at radius 2 is 1.79 bits per heavy atom. The van der Waals surface area contributed by atoms with Crippen LogP contribution < -0.4 is 5.32 Å². The van der Waals surface area contributed by atoms with Crippen molar-refractivity contribution in [2.45, 2.75) is 39.7 Å². The van der Waals surface area contributed by atoms with Gasteiger partial charge in [0.2, 0.25) is 0 Å². The normalized spacial score (nSPS) is 12.7. The number of hydrogen-bond donors (Lipinski definition) is 2. The van der Waals surface area contributed by atoms with E-state index in [1.54, 1.807) is 0 Å². The summed E-state index contributed by atoms with van der Waals surface area (Å²) in [6.07, 6.45) is 2.06. The maximum absolute atomic E-state index is 3.63. The third-order valence-electron chi connectivity index (χ3n) is 4.59. The van der Waals surface area contributed by atoms with Crippen molar-refractivity contribution in [2.75, 3.05) is 0 Å². The van der Waals surface area contributed by atoms with E-state index >= 15 is 0 Å². The summed E-state index contributed by atoms with van der Waals surface area (Å²) in [5.41, 5.74) is 6.40. The zero-order chi connectivity index (χ0) is 17.3. The van der Waals surface area contributed by atoms with Gasteiger partial charge >= 0.3 is 153 Å². The Morgan fingerprint density at radius 3 is 2.54 bits per heavy atom. The van der Waals surface area contributed by atoms with Gasteiger partial charge in [0.15, 0.2) is 0 Å². The first-order chi connectivity index (χ1) is 11.5. The van der Waals surface area contributed by atoms with Gasteiger partial charge in [0.1, 0.15) is 0 Å². The van der Waals surface area contributed by atoms with Crippen LogP contribution in [0.3, 0.4) is 0 Å². The predicted molar refractivity (Wildman–Crippen MR) is 99.2 cm³/mol. The third-order valence-corrected chi connectivity index (χ3v) is 5.20. The number of hydrogen-bond acceptors (Lipinski definition) is 1. The molecule has 0 saturated heterocycles. The van der Waals surface area contributed by atoms with E-state index in [9.17, 15) is 0 Å². The van der Waals surface area contributed by atoms with Crippen molar-refractivity contribution in [2.24, 2.45) is 0 Å². The molecule has 2 nitrogen and oxygen atoms in total. The minimum absolute atomic E-state index is 0.268. The minimum atomic E-state index is 0.268. The molecule has 0 spiro atoms. The first-order valence-corrected chi connectivity index (χ1v) is 9.16. The SMILES string of the molecule is Cc1c[nH]c2ccc([C](=[V])N[C@@H](C)c3cccc(C(C)C)c3)cc12. The van der Waals surface area contributed by atoms with Crippen LogP contribution in [-0.2, 0) is 17.0 Å². The molecule has 24 heavy (non-hydrogen) atoms. The Kier molecular flexibility index (Phi) is 5.10. The van der Waals surface area contributed by atoms with Crippen LogP contribution in [0.2, 0.25) is 0 Å². The molecule has 3 heteroatoms. The topological polar surface area (TPSA) is 27.8 Å². The van der Waals surface area contributed by atoms with Crippen LogP contribution in [0.15, 0.2) is 48.7 Å². The number of nitrogens with one attached hydrogen (secondary N) is 2. The Hall–Kier alpha value is -1.61. The van der Waals surface area contributed by atoms with Crippen LogP contribution in [0.25, 0.3) is 10.9 Å². The van der Waals surface area contributed by atoms with Gasteiger partial charge in [0.25, 0.3) is 0 Å².